The summed E-state index contributed by atoms with van der Waals surface area (Å²) in [5, 5.41) is 8.82. The van der Waals surface area contributed by atoms with Crippen molar-refractivity contribution in [2.24, 2.45) is 0 Å². The van der Waals surface area contributed by atoms with Gasteiger partial charge in [-0.3, -0.25) is 4.90 Å². The Kier molecular flexibility index (Phi) is 4.11. The minimum Gasteiger partial charge on any atom is -0.299 e. The van der Waals surface area contributed by atoms with Crippen molar-refractivity contribution in [3.05, 3.63) is 29.6 Å². The fourth-order valence-electron chi connectivity index (χ4n) is 2.57. The van der Waals surface area contributed by atoms with E-state index in [1.54, 1.807) is 6.20 Å². The lowest BCUT2D eigenvalue weighted by atomic mass is 9.94. The maximum Gasteiger partial charge on any atom is 0.140 e. The third-order valence-corrected chi connectivity index (χ3v) is 3.57. The SMILES string of the molecule is CN(Cc1ccnc(C#N)c1)C1CCCCC1. The molecule has 3 nitrogen and oxygen atoms in total. The zero-order chi connectivity index (χ0) is 12.1. The molecule has 0 aliphatic heterocycles. The molecule has 1 aromatic heterocycles. The third kappa shape index (κ3) is 3.28. The normalized spacial score (nSPS) is 17.0. The van der Waals surface area contributed by atoms with Gasteiger partial charge in [-0.2, -0.15) is 5.26 Å². The minimum absolute atomic E-state index is 0.513. The van der Waals surface area contributed by atoms with Crippen LogP contribution in [0.25, 0.3) is 0 Å². The van der Waals surface area contributed by atoms with E-state index in [1.165, 1.54) is 37.7 Å². The van der Waals surface area contributed by atoms with Gasteiger partial charge >= 0.3 is 0 Å². The molecule has 0 unspecified atom stereocenters. The van der Waals surface area contributed by atoms with Crippen LogP contribution < -0.4 is 0 Å². The van der Waals surface area contributed by atoms with E-state index in [9.17, 15) is 0 Å². The van der Waals surface area contributed by atoms with Crippen molar-refractivity contribution in [2.75, 3.05) is 7.05 Å². The number of hydrogen-bond acceptors (Lipinski definition) is 3. The summed E-state index contributed by atoms with van der Waals surface area (Å²) in [4.78, 5) is 6.41. The molecule has 90 valence electrons. The van der Waals surface area contributed by atoms with Crippen molar-refractivity contribution in [1.82, 2.24) is 9.88 Å². The number of aromatic nitrogens is 1. The first-order chi connectivity index (χ1) is 8.29. The summed E-state index contributed by atoms with van der Waals surface area (Å²) in [6.45, 7) is 0.919. The highest BCUT2D eigenvalue weighted by atomic mass is 15.1. The van der Waals surface area contributed by atoms with Gasteiger partial charge in [0.05, 0.1) is 0 Å². The first-order valence-electron chi connectivity index (χ1n) is 6.35. The molecule has 2 rings (SSSR count). The standard InChI is InChI=1S/C14H19N3/c1-17(14-5-3-2-4-6-14)11-12-7-8-16-13(9-12)10-15/h7-9,14H,2-6,11H2,1H3. The van der Waals surface area contributed by atoms with Crippen molar-refractivity contribution >= 4 is 0 Å². The summed E-state index contributed by atoms with van der Waals surface area (Å²) in [5.41, 5.74) is 1.70. The predicted molar refractivity (Wildman–Crippen MR) is 67.3 cm³/mol. The van der Waals surface area contributed by atoms with Crippen LogP contribution in [0.15, 0.2) is 18.3 Å². The maximum absolute atomic E-state index is 8.82. The summed E-state index contributed by atoms with van der Waals surface area (Å²) in [5.74, 6) is 0. The quantitative estimate of drug-likeness (QED) is 0.800. The van der Waals surface area contributed by atoms with Crippen molar-refractivity contribution in [3.8, 4) is 6.07 Å². The maximum atomic E-state index is 8.82. The molecule has 1 heterocycles. The largest absolute Gasteiger partial charge is 0.299 e. The van der Waals surface area contributed by atoms with Crippen molar-refractivity contribution in [3.63, 3.8) is 0 Å². The van der Waals surface area contributed by atoms with Gasteiger partial charge in [0.1, 0.15) is 11.8 Å². The molecule has 0 amide bonds. The number of rotatable bonds is 3. The average molecular weight is 229 g/mol. The van der Waals surface area contributed by atoms with Gasteiger partial charge in [0.2, 0.25) is 0 Å². The van der Waals surface area contributed by atoms with Crippen LogP contribution in [0.3, 0.4) is 0 Å². The molecule has 3 heteroatoms. The van der Waals surface area contributed by atoms with E-state index in [0.717, 1.165) is 6.54 Å². The summed E-state index contributed by atoms with van der Waals surface area (Å²) in [6, 6.07) is 6.69. The summed E-state index contributed by atoms with van der Waals surface area (Å²) in [6.07, 6.45) is 8.45. The van der Waals surface area contributed by atoms with E-state index < -0.39 is 0 Å². The van der Waals surface area contributed by atoms with E-state index >= 15 is 0 Å². The summed E-state index contributed by atoms with van der Waals surface area (Å²) < 4.78 is 0. The highest BCUT2D eigenvalue weighted by Gasteiger charge is 2.17. The molecule has 1 aliphatic carbocycles. The van der Waals surface area contributed by atoms with Crippen LogP contribution in [0.5, 0.6) is 0 Å². The fourth-order valence-corrected chi connectivity index (χ4v) is 2.57. The number of hydrogen-bond donors (Lipinski definition) is 0. The van der Waals surface area contributed by atoms with E-state index in [0.29, 0.717) is 11.7 Å². The van der Waals surface area contributed by atoms with Crippen LogP contribution in [-0.4, -0.2) is 23.0 Å². The van der Waals surface area contributed by atoms with Crippen LogP contribution in [0.1, 0.15) is 43.4 Å². The van der Waals surface area contributed by atoms with Gasteiger partial charge in [0.15, 0.2) is 0 Å². The van der Waals surface area contributed by atoms with Gasteiger partial charge in [-0.05, 0) is 37.6 Å². The van der Waals surface area contributed by atoms with Gasteiger partial charge < -0.3 is 0 Å². The molecule has 0 aromatic carbocycles. The lowest BCUT2D eigenvalue weighted by Gasteiger charge is -2.31. The Morgan fingerprint density at radius 1 is 1.41 bits per heavy atom. The molecule has 1 aliphatic rings. The highest BCUT2D eigenvalue weighted by molar-refractivity contribution is 5.25. The molecule has 0 radical (unpaired) electrons. The van der Waals surface area contributed by atoms with E-state index in [4.69, 9.17) is 5.26 Å². The number of nitriles is 1. The second kappa shape index (κ2) is 5.79. The Balaban J connectivity index is 1.97. The lowest BCUT2D eigenvalue weighted by molar-refractivity contribution is 0.184. The molecule has 0 atom stereocenters. The molecule has 0 bridgehead atoms. The molecular weight excluding hydrogens is 210 g/mol. The lowest BCUT2D eigenvalue weighted by Crippen LogP contribution is -2.32. The summed E-state index contributed by atoms with van der Waals surface area (Å²) >= 11 is 0. The Hall–Kier alpha value is -1.40. The second-order valence-corrected chi connectivity index (χ2v) is 4.87. The molecule has 1 fully saturated rings. The predicted octanol–water partition coefficient (Wildman–Crippen LogP) is 2.72. The fraction of sp³-hybridized carbons (Fsp3) is 0.571. The third-order valence-electron chi connectivity index (χ3n) is 3.57. The molecule has 1 aromatic rings. The molecule has 0 saturated heterocycles. The van der Waals surface area contributed by atoms with Crippen molar-refractivity contribution < 1.29 is 0 Å². The first-order valence-corrected chi connectivity index (χ1v) is 6.35. The van der Waals surface area contributed by atoms with Crippen LogP contribution in [0, 0.1) is 11.3 Å². The minimum atomic E-state index is 0.513. The molecule has 0 N–H and O–H groups in total. The van der Waals surface area contributed by atoms with E-state index in [1.807, 2.05) is 12.1 Å². The van der Waals surface area contributed by atoms with Gasteiger partial charge in [0.25, 0.3) is 0 Å². The average Bonchev–Trinajstić information content (AvgIpc) is 2.40. The zero-order valence-corrected chi connectivity index (χ0v) is 10.4. The number of pyridine rings is 1. The summed E-state index contributed by atoms with van der Waals surface area (Å²) in [7, 11) is 2.18. The van der Waals surface area contributed by atoms with Crippen molar-refractivity contribution in [2.45, 2.75) is 44.7 Å². The number of nitrogens with zero attached hydrogens (tertiary/aromatic N) is 3. The van der Waals surface area contributed by atoms with E-state index in [2.05, 4.69) is 23.0 Å². The molecule has 17 heavy (non-hydrogen) atoms. The van der Waals surface area contributed by atoms with E-state index in [-0.39, 0.29) is 0 Å². The zero-order valence-electron chi connectivity index (χ0n) is 10.4. The smallest absolute Gasteiger partial charge is 0.140 e. The molecule has 1 saturated carbocycles. The molecule has 0 spiro atoms. The van der Waals surface area contributed by atoms with Crippen LogP contribution in [0.4, 0.5) is 0 Å². The Labute approximate surface area is 103 Å². The first kappa shape index (κ1) is 12.1. The van der Waals surface area contributed by atoms with Gasteiger partial charge in [0, 0.05) is 18.8 Å². The van der Waals surface area contributed by atoms with Crippen LogP contribution in [0.2, 0.25) is 0 Å². The van der Waals surface area contributed by atoms with Gasteiger partial charge in [-0.1, -0.05) is 19.3 Å². The highest BCUT2D eigenvalue weighted by Crippen LogP contribution is 2.22. The van der Waals surface area contributed by atoms with Crippen molar-refractivity contribution in [1.29, 1.82) is 5.26 Å². The topological polar surface area (TPSA) is 39.9 Å². The Morgan fingerprint density at radius 2 is 2.18 bits per heavy atom. The van der Waals surface area contributed by atoms with Crippen LogP contribution >= 0.6 is 0 Å². The second-order valence-electron chi connectivity index (χ2n) is 4.87. The van der Waals surface area contributed by atoms with Gasteiger partial charge in [-0.25, -0.2) is 4.98 Å². The van der Waals surface area contributed by atoms with Crippen LogP contribution in [-0.2, 0) is 6.54 Å². The monoisotopic (exact) mass is 229 g/mol. The Bertz CT molecular complexity index is 402. The van der Waals surface area contributed by atoms with Gasteiger partial charge in [-0.15, -0.1) is 0 Å². The Morgan fingerprint density at radius 3 is 2.88 bits per heavy atom. The molecular formula is C14H19N3.